The lowest BCUT2D eigenvalue weighted by Gasteiger charge is -2.36. The molecule has 2 rings (SSSR count). The minimum Gasteiger partial charge on any atom is -0.496 e. The third-order valence-electron chi connectivity index (χ3n) is 4.24. The second-order valence-electron chi connectivity index (χ2n) is 5.79. The minimum atomic E-state index is -2.27. The molecule has 1 aromatic carbocycles. The summed E-state index contributed by atoms with van der Waals surface area (Å²) in [5.74, 6) is 0.835. The summed E-state index contributed by atoms with van der Waals surface area (Å²) < 4.78 is 30.3. The van der Waals surface area contributed by atoms with Gasteiger partial charge >= 0.3 is 0 Å². The lowest BCUT2D eigenvalue weighted by atomic mass is 10.0. The van der Waals surface area contributed by atoms with Crippen LogP contribution in [0.25, 0.3) is 0 Å². The maximum Gasteiger partial charge on any atom is 0.251 e. The van der Waals surface area contributed by atoms with Gasteiger partial charge in [0, 0.05) is 23.2 Å². The fourth-order valence-electron chi connectivity index (χ4n) is 3.00. The van der Waals surface area contributed by atoms with Crippen molar-refractivity contribution in [2.24, 2.45) is 0 Å². The molecule has 0 bridgehead atoms. The van der Waals surface area contributed by atoms with Crippen LogP contribution in [0.2, 0.25) is 5.02 Å². The predicted molar refractivity (Wildman–Crippen MR) is 84.9 cm³/mol. The number of hydrogen-bond acceptors (Lipinski definition) is 3. The van der Waals surface area contributed by atoms with Crippen LogP contribution in [0.15, 0.2) is 18.2 Å². The van der Waals surface area contributed by atoms with Crippen LogP contribution in [-0.4, -0.2) is 56.1 Å². The van der Waals surface area contributed by atoms with Crippen LogP contribution in [0.4, 0.5) is 8.78 Å². The van der Waals surface area contributed by atoms with Gasteiger partial charge in [-0.05, 0) is 51.2 Å². The Bertz CT molecular complexity index is 479. The third kappa shape index (κ3) is 4.80. The highest BCUT2D eigenvalue weighted by Gasteiger charge is 2.24. The molecule has 1 aliphatic rings. The number of rotatable bonds is 6. The Labute approximate surface area is 135 Å². The van der Waals surface area contributed by atoms with E-state index >= 15 is 0 Å². The predicted octanol–water partition coefficient (Wildman–Crippen LogP) is 3.51. The van der Waals surface area contributed by atoms with Crippen molar-refractivity contribution in [2.75, 3.05) is 33.8 Å². The van der Waals surface area contributed by atoms with E-state index in [4.69, 9.17) is 16.3 Å². The molecule has 3 nitrogen and oxygen atoms in total. The van der Waals surface area contributed by atoms with Gasteiger partial charge in [-0.1, -0.05) is 11.6 Å². The molecule has 0 atom stereocenters. The molecule has 0 aromatic heterocycles. The number of ether oxygens (including phenoxy) is 1. The monoisotopic (exact) mass is 332 g/mol. The first-order chi connectivity index (χ1) is 10.5. The van der Waals surface area contributed by atoms with Gasteiger partial charge in [-0.3, -0.25) is 9.80 Å². The summed E-state index contributed by atoms with van der Waals surface area (Å²) >= 11 is 6.05. The van der Waals surface area contributed by atoms with Gasteiger partial charge in [-0.25, -0.2) is 8.78 Å². The molecule has 1 aromatic rings. The smallest absolute Gasteiger partial charge is 0.251 e. The summed E-state index contributed by atoms with van der Waals surface area (Å²) in [6, 6.07) is 5.86. The molecular formula is C16H23ClF2N2O. The van der Waals surface area contributed by atoms with Gasteiger partial charge in [-0.2, -0.15) is 0 Å². The first-order valence-electron chi connectivity index (χ1n) is 7.52. The third-order valence-corrected chi connectivity index (χ3v) is 4.48. The molecule has 1 aliphatic heterocycles. The number of piperidine rings is 1. The molecule has 0 N–H and O–H groups in total. The van der Waals surface area contributed by atoms with Crippen molar-refractivity contribution >= 4 is 11.6 Å². The fourth-order valence-corrected chi connectivity index (χ4v) is 3.19. The van der Waals surface area contributed by atoms with Crippen molar-refractivity contribution in [2.45, 2.75) is 31.9 Å². The van der Waals surface area contributed by atoms with Gasteiger partial charge in [0.15, 0.2) is 0 Å². The van der Waals surface area contributed by atoms with Crippen LogP contribution >= 0.6 is 11.6 Å². The molecule has 0 unspecified atom stereocenters. The quantitative estimate of drug-likeness (QED) is 0.793. The zero-order chi connectivity index (χ0) is 16.1. The Hall–Kier alpha value is -0.910. The van der Waals surface area contributed by atoms with E-state index in [1.807, 2.05) is 18.2 Å². The summed E-state index contributed by atoms with van der Waals surface area (Å²) in [6.07, 6.45) is -0.447. The molecule has 0 aliphatic carbocycles. The number of benzene rings is 1. The zero-order valence-corrected chi connectivity index (χ0v) is 13.8. The van der Waals surface area contributed by atoms with Crippen LogP contribution in [0, 0.1) is 0 Å². The van der Waals surface area contributed by atoms with E-state index in [9.17, 15) is 8.78 Å². The zero-order valence-electron chi connectivity index (χ0n) is 13.1. The highest BCUT2D eigenvalue weighted by molar-refractivity contribution is 6.30. The molecule has 0 spiro atoms. The lowest BCUT2D eigenvalue weighted by molar-refractivity contribution is 0.0562. The molecule has 1 heterocycles. The summed E-state index contributed by atoms with van der Waals surface area (Å²) in [6.45, 7) is 2.42. The van der Waals surface area contributed by atoms with Crippen LogP contribution in [0.1, 0.15) is 18.4 Å². The molecule has 0 amide bonds. The first-order valence-corrected chi connectivity index (χ1v) is 7.90. The van der Waals surface area contributed by atoms with Gasteiger partial charge in [-0.15, -0.1) is 0 Å². The van der Waals surface area contributed by atoms with E-state index in [2.05, 4.69) is 4.90 Å². The topological polar surface area (TPSA) is 15.7 Å². The highest BCUT2D eigenvalue weighted by Crippen LogP contribution is 2.26. The number of alkyl halides is 2. The molecule has 0 saturated carbocycles. The van der Waals surface area contributed by atoms with Crippen molar-refractivity contribution in [1.82, 2.24) is 9.80 Å². The van der Waals surface area contributed by atoms with Crippen LogP contribution in [0.5, 0.6) is 5.75 Å². The van der Waals surface area contributed by atoms with Crippen molar-refractivity contribution in [1.29, 1.82) is 0 Å². The average Bonchev–Trinajstić information content (AvgIpc) is 2.47. The number of hydrogen-bond donors (Lipinski definition) is 0. The average molecular weight is 333 g/mol. The second kappa shape index (κ2) is 8.09. The van der Waals surface area contributed by atoms with Gasteiger partial charge in [0.2, 0.25) is 0 Å². The second-order valence-corrected chi connectivity index (χ2v) is 6.23. The first kappa shape index (κ1) is 17.4. The van der Waals surface area contributed by atoms with Crippen LogP contribution < -0.4 is 4.74 Å². The Morgan fingerprint density at radius 2 is 2.05 bits per heavy atom. The SMILES string of the molecule is COc1ccc(Cl)cc1CN1CCC(N(C)CC(F)F)CC1. The van der Waals surface area contributed by atoms with Gasteiger partial charge < -0.3 is 4.74 Å². The minimum absolute atomic E-state index is 0.146. The molecule has 22 heavy (non-hydrogen) atoms. The van der Waals surface area contributed by atoms with E-state index in [1.54, 1.807) is 19.1 Å². The Morgan fingerprint density at radius 3 is 2.64 bits per heavy atom. The molecule has 0 radical (unpaired) electrons. The van der Waals surface area contributed by atoms with E-state index < -0.39 is 6.43 Å². The maximum absolute atomic E-state index is 12.4. The van der Waals surface area contributed by atoms with Crippen LogP contribution in [0.3, 0.4) is 0 Å². The number of nitrogens with zero attached hydrogens (tertiary/aromatic N) is 2. The van der Waals surface area contributed by atoms with Crippen molar-refractivity contribution < 1.29 is 13.5 Å². The Morgan fingerprint density at radius 1 is 1.36 bits per heavy atom. The van der Waals surface area contributed by atoms with Crippen molar-refractivity contribution in [3.63, 3.8) is 0 Å². The Balaban J connectivity index is 1.89. The number of halogens is 3. The fraction of sp³-hybridized carbons (Fsp3) is 0.625. The molecular weight excluding hydrogens is 310 g/mol. The molecule has 6 heteroatoms. The van der Waals surface area contributed by atoms with E-state index in [0.717, 1.165) is 43.8 Å². The normalized spacial score (nSPS) is 17.4. The van der Waals surface area contributed by atoms with Gasteiger partial charge in [0.1, 0.15) is 5.75 Å². The number of likely N-dealkylation sites (tertiary alicyclic amines) is 1. The Kier molecular flexibility index (Phi) is 6.41. The summed E-state index contributed by atoms with van der Waals surface area (Å²) in [4.78, 5) is 4.10. The van der Waals surface area contributed by atoms with Crippen molar-refractivity contribution in [3.05, 3.63) is 28.8 Å². The van der Waals surface area contributed by atoms with E-state index in [-0.39, 0.29) is 12.6 Å². The largest absolute Gasteiger partial charge is 0.496 e. The summed E-state index contributed by atoms with van der Waals surface area (Å²) in [5, 5.41) is 0.697. The van der Waals surface area contributed by atoms with Gasteiger partial charge in [0.05, 0.1) is 13.7 Å². The molecule has 1 saturated heterocycles. The molecule has 1 fully saturated rings. The lowest BCUT2D eigenvalue weighted by Crippen LogP contribution is -2.44. The number of methoxy groups -OCH3 is 1. The van der Waals surface area contributed by atoms with E-state index in [1.165, 1.54) is 0 Å². The van der Waals surface area contributed by atoms with Crippen molar-refractivity contribution in [3.8, 4) is 5.75 Å². The molecule has 124 valence electrons. The van der Waals surface area contributed by atoms with Gasteiger partial charge in [0.25, 0.3) is 6.43 Å². The maximum atomic E-state index is 12.4. The summed E-state index contributed by atoms with van der Waals surface area (Å²) in [7, 11) is 3.44. The van der Waals surface area contributed by atoms with Crippen LogP contribution in [-0.2, 0) is 6.54 Å². The van der Waals surface area contributed by atoms with E-state index in [0.29, 0.717) is 5.02 Å². The summed E-state index contributed by atoms with van der Waals surface area (Å²) in [5.41, 5.74) is 1.06. The highest BCUT2D eigenvalue weighted by atomic mass is 35.5. The standard InChI is InChI=1S/C16H23ClF2N2O/c1-20(11-16(18)19)14-5-7-21(8-6-14)10-12-9-13(17)3-4-15(12)22-2/h3-4,9,14,16H,5-8,10-11H2,1-2H3.